The first-order valence-corrected chi connectivity index (χ1v) is 9.24. The summed E-state index contributed by atoms with van der Waals surface area (Å²) >= 11 is 6.18. The van der Waals surface area contributed by atoms with Crippen LogP contribution in [0.2, 0.25) is 5.02 Å². The highest BCUT2D eigenvalue weighted by Gasteiger charge is 2.22. The second-order valence-electron chi connectivity index (χ2n) is 6.28. The zero-order valence-corrected chi connectivity index (χ0v) is 17.3. The summed E-state index contributed by atoms with van der Waals surface area (Å²) in [6, 6.07) is 8.62. The number of benzene rings is 2. The van der Waals surface area contributed by atoms with Crippen LogP contribution in [0.1, 0.15) is 35.3 Å². The van der Waals surface area contributed by atoms with E-state index in [4.69, 9.17) is 25.8 Å². The van der Waals surface area contributed by atoms with Crippen LogP contribution in [0.3, 0.4) is 0 Å². The van der Waals surface area contributed by atoms with Crippen molar-refractivity contribution in [2.75, 3.05) is 19.0 Å². The van der Waals surface area contributed by atoms with Crippen molar-refractivity contribution >= 4 is 29.2 Å². The second-order valence-corrected chi connectivity index (χ2v) is 6.68. The number of carbonyl (C=O) groups is 2. The van der Waals surface area contributed by atoms with Gasteiger partial charge in [-0.25, -0.2) is 4.79 Å². The maximum Gasteiger partial charge on any atom is 0.339 e. The molecule has 0 aliphatic carbocycles. The van der Waals surface area contributed by atoms with Crippen molar-refractivity contribution in [2.45, 2.75) is 33.8 Å². The van der Waals surface area contributed by atoms with E-state index in [1.807, 2.05) is 39.0 Å². The second kappa shape index (κ2) is 9.46. The van der Waals surface area contributed by atoms with E-state index in [1.54, 1.807) is 0 Å². The van der Waals surface area contributed by atoms with Crippen LogP contribution in [0.5, 0.6) is 11.5 Å². The third kappa shape index (κ3) is 5.16. The molecule has 0 spiro atoms. The van der Waals surface area contributed by atoms with Gasteiger partial charge < -0.3 is 19.5 Å². The molecule has 0 saturated heterocycles. The van der Waals surface area contributed by atoms with Crippen molar-refractivity contribution in [2.24, 2.45) is 0 Å². The molecule has 0 bridgehead atoms. The van der Waals surface area contributed by atoms with Gasteiger partial charge in [0.15, 0.2) is 17.6 Å². The Bertz CT molecular complexity index is 881. The fraction of sp³-hybridized carbons (Fsp3) is 0.333. The van der Waals surface area contributed by atoms with Gasteiger partial charge in [0.25, 0.3) is 5.91 Å². The van der Waals surface area contributed by atoms with Crippen LogP contribution in [-0.2, 0) is 9.53 Å². The average Bonchev–Trinajstić information content (AvgIpc) is 2.65. The summed E-state index contributed by atoms with van der Waals surface area (Å²) in [4.78, 5) is 24.9. The normalized spacial score (nSPS) is 11.5. The van der Waals surface area contributed by atoms with Crippen LogP contribution in [0.4, 0.5) is 5.69 Å². The number of aryl methyl sites for hydroxylation is 2. The molecule has 1 N–H and O–H groups in total. The van der Waals surface area contributed by atoms with Crippen molar-refractivity contribution in [3.8, 4) is 11.5 Å². The minimum absolute atomic E-state index is 0.164. The highest BCUT2D eigenvalue weighted by molar-refractivity contribution is 6.32. The molecular weight excluding hydrogens is 382 g/mol. The number of rotatable bonds is 7. The third-order valence-electron chi connectivity index (χ3n) is 4.06. The molecule has 2 rings (SSSR count). The average molecular weight is 406 g/mol. The first kappa shape index (κ1) is 21.6. The topological polar surface area (TPSA) is 73.9 Å². The molecule has 0 saturated carbocycles. The van der Waals surface area contributed by atoms with Gasteiger partial charge in [-0.05, 0) is 57.0 Å². The molecule has 0 aromatic heterocycles. The molecule has 0 heterocycles. The van der Waals surface area contributed by atoms with Gasteiger partial charge in [0.05, 0.1) is 24.3 Å². The molecule has 0 radical (unpaired) electrons. The number of esters is 1. The van der Waals surface area contributed by atoms with Gasteiger partial charge >= 0.3 is 5.97 Å². The largest absolute Gasteiger partial charge is 0.493 e. The van der Waals surface area contributed by atoms with Gasteiger partial charge in [-0.3, -0.25) is 4.79 Å². The Morgan fingerprint density at radius 1 is 1.18 bits per heavy atom. The van der Waals surface area contributed by atoms with Gasteiger partial charge in [0.1, 0.15) is 0 Å². The van der Waals surface area contributed by atoms with Crippen LogP contribution in [-0.4, -0.2) is 31.7 Å². The number of halogens is 1. The van der Waals surface area contributed by atoms with Crippen molar-refractivity contribution in [1.82, 2.24) is 0 Å². The van der Waals surface area contributed by atoms with Crippen LogP contribution < -0.4 is 14.8 Å². The summed E-state index contributed by atoms with van der Waals surface area (Å²) < 4.78 is 15.9. The van der Waals surface area contributed by atoms with E-state index < -0.39 is 18.0 Å². The lowest BCUT2D eigenvalue weighted by Gasteiger charge is -2.16. The van der Waals surface area contributed by atoms with Gasteiger partial charge in [0, 0.05) is 5.69 Å². The van der Waals surface area contributed by atoms with E-state index in [0.717, 1.165) is 11.1 Å². The molecule has 0 aliphatic heterocycles. The number of ether oxygens (including phenoxy) is 3. The third-order valence-corrected chi connectivity index (χ3v) is 4.34. The van der Waals surface area contributed by atoms with Gasteiger partial charge in [0.2, 0.25) is 0 Å². The van der Waals surface area contributed by atoms with Crippen molar-refractivity contribution in [3.63, 3.8) is 0 Å². The lowest BCUT2D eigenvalue weighted by molar-refractivity contribution is -0.123. The molecular formula is C21H24ClNO5. The summed E-state index contributed by atoms with van der Waals surface area (Å²) in [5.41, 5.74) is 2.78. The first-order valence-electron chi connectivity index (χ1n) is 8.86. The maximum atomic E-state index is 12.5. The predicted octanol–water partition coefficient (Wildman–Crippen LogP) is 4.55. The van der Waals surface area contributed by atoms with E-state index in [2.05, 4.69) is 5.32 Å². The number of hydrogen-bond acceptors (Lipinski definition) is 5. The van der Waals surface area contributed by atoms with Crippen molar-refractivity contribution in [3.05, 3.63) is 52.0 Å². The lowest BCUT2D eigenvalue weighted by Crippen LogP contribution is -2.30. The summed E-state index contributed by atoms with van der Waals surface area (Å²) in [6.07, 6.45) is -0.997. The van der Waals surface area contributed by atoms with E-state index in [9.17, 15) is 9.59 Å². The number of nitrogens with one attached hydrogen (secondary N) is 1. The number of carbonyl (C=O) groups excluding carboxylic acids is 2. The maximum absolute atomic E-state index is 12.5. The molecule has 7 heteroatoms. The molecule has 1 amide bonds. The number of amides is 1. The number of hydrogen-bond donors (Lipinski definition) is 1. The van der Waals surface area contributed by atoms with Gasteiger partial charge in [-0.2, -0.15) is 0 Å². The summed E-state index contributed by atoms with van der Waals surface area (Å²) in [5, 5.41) is 3.00. The van der Waals surface area contributed by atoms with Crippen LogP contribution >= 0.6 is 11.6 Å². The van der Waals surface area contributed by atoms with Crippen molar-refractivity contribution in [1.29, 1.82) is 0 Å². The quantitative estimate of drug-likeness (QED) is 0.684. The van der Waals surface area contributed by atoms with E-state index in [0.29, 0.717) is 23.8 Å². The summed E-state index contributed by atoms with van der Waals surface area (Å²) in [6.45, 7) is 7.54. The Balaban J connectivity index is 2.12. The Hall–Kier alpha value is -2.73. The zero-order valence-electron chi connectivity index (χ0n) is 16.6. The molecule has 1 unspecified atom stereocenters. The fourth-order valence-corrected chi connectivity index (χ4v) is 2.77. The molecule has 28 heavy (non-hydrogen) atoms. The molecule has 2 aromatic rings. The molecule has 2 aromatic carbocycles. The molecule has 0 aliphatic rings. The smallest absolute Gasteiger partial charge is 0.339 e. The van der Waals surface area contributed by atoms with Gasteiger partial charge in [-0.1, -0.05) is 23.7 Å². The monoisotopic (exact) mass is 405 g/mol. The molecule has 150 valence electrons. The van der Waals surface area contributed by atoms with E-state index >= 15 is 0 Å². The summed E-state index contributed by atoms with van der Waals surface area (Å²) in [5.74, 6) is -0.448. The Morgan fingerprint density at radius 3 is 2.54 bits per heavy atom. The summed E-state index contributed by atoms with van der Waals surface area (Å²) in [7, 11) is 1.45. The predicted molar refractivity (Wildman–Crippen MR) is 109 cm³/mol. The standard InChI is InChI=1S/C21H24ClNO5/c1-6-27-19-16(22)10-15(11-18(19)26-5)21(25)28-14(4)20(24)23-17-9-12(2)7-8-13(17)3/h7-11,14H,6H2,1-5H3,(H,23,24). The Labute approximate surface area is 169 Å². The first-order chi connectivity index (χ1) is 13.3. The zero-order chi connectivity index (χ0) is 20.8. The highest BCUT2D eigenvalue weighted by Crippen LogP contribution is 2.36. The Morgan fingerprint density at radius 2 is 1.89 bits per heavy atom. The molecule has 6 nitrogen and oxygen atoms in total. The number of methoxy groups -OCH3 is 1. The molecule has 0 fully saturated rings. The van der Waals surface area contributed by atoms with Crippen molar-refractivity contribution < 1.29 is 23.8 Å². The van der Waals surface area contributed by atoms with Crippen LogP contribution in [0.15, 0.2) is 30.3 Å². The minimum Gasteiger partial charge on any atom is -0.493 e. The number of anilines is 1. The highest BCUT2D eigenvalue weighted by atomic mass is 35.5. The van der Waals surface area contributed by atoms with E-state index in [-0.39, 0.29) is 10.6 Å². The SMILES string of the molecule is CCOc1c(Cl)cc(C(=O)OC(C)C(=O)Nc2cc(C)ccc2C)cc1OC. The van der Waals surface area contributed by atoms with E-state index in [1.165, 1.54) is 26.2 Å². The van der Waals surface area contributed by atoms with Crippen LogP contribution in [0.25, 0.3) is 0 Å². The Kier molecular flexibility index (Phi) is 7.29. The molecule has 1 atom stereocenters. The van der Waals surface area contributed by atoms with Gasteiger partial charge in [-0.15, -0.1) is 0 Å². The fourth-order valence-electron chi connectivity index (χ4n) is 2.51. The minimum atomic E-state index is -0.997. The lowest BCUT2D eigenvalue weighted by atomic mass is 10.1. The van der Waals surface area contributed by atoms with Crippen LogP contribution in [0, 0.1) is 13.8 Å².